The molecule has 0 saturated heterocycles. The highest BCUT2D eigenvalue weighted by molar-refractivity contribution is 7.54. The van der Waals surface area contributed by atoms with Gasteiger partial charge < -0.3 is 14.2 Å². The highest BCUT2D eigenvalue weighted by Gasteiger charge is 2.46. The van der Waals surface area contributed by atoms with Crippen LogP contribution in [0.15, 0.2) is 79.6 Å². The lowest BCUT2D eigenvalue weighted by molar-refractivity contribution is -0.0519. The van der Waals surface area contributed by atoms with Crippen LogP contribution in [0.25, 0.3) is 11.4 Å². The number of hydrogen-bond acceptors (Lipinski definition) is 3. The van der Waals surface area contributed by atoms with Crippen molar-refractivity contribution >= 4 is 41.5 Å². The first-order valence-corrected chi connectivity index (χ1v) is 18.1. The van der Waals surface area contributed by atoms with Crippen LogP contribution in [0.1, 0.15) is 72.3 Å². The maximum atomic E-state index is 10.8. The molecule has 5 nitrogen and oxygen atoms in total. The summed E-state index contributed by atoms with van der Waals surface area (Å²) in [6.07, 6.45) is 7.39. The van der Waals surface area contributed by atoms with Crippen molar-refractivity contribution in [3.05, 3.63) is 96.6 Å². The van der Waals surface area contributed by atoms with Crippen molar-refractivity contribution in [1.82, 2.24) is 19.1 Å². The fraction of sp³-hybridized carbons (Fsp3) is 0.400. The van der Waals surface area contributed by atoms with Gasteiger partial charge in [0.1, 0.15) is 5.60 Å². The number of aromatic nitrogens is 4. The molecule has 1 aliphatic rings. The third-order valence-electron chi connectivity index (χ3n) is 8.31. The van der Waals surface area contributed by atoms with E-state index in [1.807, 2.05) is 75.1 Å². The van der Waals surface area contributed by atoms with Crippen LogP contribution in [0.4, 0.5) is 0 Å². The molecule has 0 saturated carbocycles. The lowest BCUT2D eigenvalue weighted by Gasteiger charge is -2.47. The molecule has 208 valence electrons. The molecule has 1 atom stereocenters. The van der Waals surface area contributed by atoms with E-state index in [1.54, 1.807) is 12.5 Å². The van der Waals surface area contributed by atoms with Gasteiger partial charge in [0.05, 0.1) is 30.2 Å². The lowest BCUT2D eigenvalue weighted by Crippen LogP contribution is -2.45. The van der Waals surface area contributed by atoms with Gasteiger partial charge in [-0.1, -0.05) is 84.9 Å². The number of para-hydroxylation sites is 2. The van der Waals surface area contributed by atoms with Gasteiger partial charge in [0.25, 0.3) is 0 Å². The molecule has 1 unspecified atom stereocenters. The summed E-state index contributed by atoms with van der Waals surface area (Å²) in [5, 5.41) is 10.8. The van der Waals surface area contributed by atoms with E-state index in [0.29, 0.717) is 0 Å². The molecular weight excluding hydrogens is 566 g/mol. The second-order valence-electron chi connectivity index (χ2n) is 12.0. The van der Waals surface area contributed by atoms with Gasteiger partial charge in [-0.3, -0.25) is 0 Å². The molecule has 0 bridgehead atoms. The predicted octanol–water partition coefficient (Wildman–Crippen LogP) is 8.25. The molecule has 39 heavy (non-hydrogen) atoms. The van der Waals surface area contributed by atoms with Gasteiger partial charge in [-0.15, -0.1) is 0 Å². The van der Waals surface area contributed by atoms with Gasteiger partial charge in [0, 0.05) is 28.4 Å². The number of imidazole rings is 2. The number of hydrogen-bond donors (Lipinski definition) is 1. The molecule has 0 radical (unpaired) electrons. The molecular formula is C30H38AlCl3N4O. The lowest BCUT2D eigenvalue weighted by atomic mass is 9.60. The zero-order valence-electron chi connectivity index (χ0n) is 24.0. The molecule has 5 rings (SSSR count). The van der Waals surface area contributed by atoms with Gasteiger partial charge in [-0.05, 0) is 36.1 Å². The Kier molecular flexibility index (Phi) is 9.76. The van der Waals surface area contributed by atoms with Crippen molar-refractivity contribution in [2.45, 2.75) is 71.8 Å². The molecule has 0 aliphatic carbocycles. The quantitative estimate of drug-likeness (QED) is 0.235. The van der Waals surface area contributed by atoms with Gasteiger partial charge >= 0.3 is 11.4 Å². The summed E-state index contributed by atoms with van der Waals surface area (Å²) < 4.78 is 4.16. The van der Waals surface area contributed by atoms with E-state index < -0.39 is 17.0 Å². The van der Waals surface area contributed by atoms with Crippen molar-refractivity contribution in [1.29, 1.82) is 0 Å². The summed E-state index contributed by atoms with van der Waals surface area (Å²) in [4.78, 5) is 8.51. The number of fused-ring (bicyclic) bond motifs is 3. The Morgan fingerprint density at radius 1 is 0.744 bits per heavy atom. The van der Waals surface area contributed by atoms with Gasteiger partial charge in [0.2, 0.25) is 0 Å². The van der Waals surface area contributed by atoms with Crippen molar-refractivity contribution < 1.29 is 5.11 Å². The zero-order chi connectivity index (χ0) is 29.2. The Balaban J connectivity index is 0.000000190. The average molecular weight is 604 g/mol. The Bertz CT molecular complexity index is 1370. The fourth-order valence-corrected chi connectivity index (χ4v) is 4.65. The van der Waals surface area contributed by atoms with Crippen LogP contribution in [0.3, 0.4) is 0 Å². The van der Waals surface area contributed by atoms with E-state index in [9.17, 15) is 5.11 Å². The summed E-state index contributed by atoms with van der Waals surface area (Å²) in [6, 6.07) is 18.6. The molecule has 3 heterocycles. The van der Waals surface area contributed by atoms with Crippen molar-refractivity contribution in [2.75, 3.05) is 0 Å². The Hall–Kier alpha value is -1.78. The normalized spacial score (nSPS) is 16.3. The smallest absolute Gasteiger partial charge is 0.383 e. The molecule has 4 aromatic rings. The molecule has 9 heteroatoms. The Morgan fingerprint density at radius 2 is 1.26 bits per heavy atom. The number of aliphatic hydroxyl groups is 1. The maximum Gasteiger partial charge on any atom is 0.643 e. The van der Waals surface area contributed by atoms with Crippen molar-refractivity contribution in [2.24, 2.45) is 5.41 Å². The summed E-state index contributed by atoms with van der Waals surface area (Å²) >= 11 is -1.72. The van der Waals surface area contributed by atoms with Crippen LogP contribution in [0.5, 0.6) is 0 Å². The minimum absolute atomic E-state index is 0.0812. The van der Waals surface area contributed by atoms with Crippen LogP contribution < -0.4 is 0 Å². The first-order valence-electron chi connectivity index (χ1n) is 12.9. The highest BCUT2D eigenvalue weighted by atomic mass is 35.8. The first kappa shape index (κ1) is 31.7. The monoisotopic (exact) mass is 602 g/mol. The summed E-state index contributed by atoms with van der Waals surface area (Å²) in [7, 11) is 14.8. The first-order chi connectivity index (χ1) is 18.0. The summed E-state index contributed by atoms with van der Waals surface area (Å²) in [5.41, 5.74) is 4.76. The molecule has 0 spiro atoms. The fourth-order valence-electron chi connectivity index (χ4n) is 4.65. The van der Waals surface area contributed by atoms with E-state index >= 15 is 0 Å². The van der Waals surface area contributed by atoms with Gasteiger partial charge in [-0.25, -0.2) is 40.1 Å². The third kappa shape index (κ3) is 6.43. The highest BCUT2D eigenvalue weighted by Crippen LogP contribution is 2.49. The van der Waals surface area contributed by atoms with Crippen LogP contribution in [-0.2, 0) is 16.4 Å². The van der Waals surface area contributed by atoms with E-state index in [1.165, 1.54) is 16.9 Å². The minimum atomic E-state index is -1.72. The third-order valence-corrected chi connectivity index (χ3v) is 8.31. The number of benzene rings is 2. The molecule has 1 aliphatic heterocycles. The van der Waals surface area contributed by atoms with Crippen LogP contribution >= 0.6 is 30.1 Å². The molecule has 2 aromatic heterocycles. The van der Waals surface area contributed by atoms with E-state index in [-0.39, 0.29) is 16.2 Å². The SMILES string of the molecule is CC(C)(C)C(C)(O)c1cncn1-c1ccccc1.CC1(C)c2ccccc2-n2cncc2C1(C)C.[Cl][Al]([Cl])[Cl]. The van der Waals surface area contributed by atoms with Gasteiger partial charge in [-0.2, -0.15) is 0 Å². The van der Waals surface area contributed by atoms with Gasteiger partial charge in [0.15, 0.2) is 0 Å². The second kappa shape index (κ2) is 12.0. The Labute approximate surface area is 249 Å². The topological polar surface area (TPSA) is 55.9 Å². The standard InChI is InChI=1S/C15H20N2O.C15H18N2.Al.3ClH/c1-14(2,3)15(4,18)13-10-16-11-17(13)12-8-6-5-7-9-12;1-14(2)11-7-5-6-8-12(11)17-10-16-9-13(17)15(14,3)4;;;;/h5-11,18H,1-4H3;5-10H,1-4H3;;3*1H/q;;+3;;;/p-3. The molecule has 0 amide bonds. The predicted molar refractivity (Wildman–Crippen MR) is 166 cm³/mol. The van der Waals surface area contributed by atoms with Crippen molar-refractivity contribution in [3.63, 3.8) is 0 Å². The number of rotatable bonds is 2. The van der Waals surface area contributed by atoms with Crippen LogP contribution in [-0.4, -0.2) is 35.6 Å². The number of halogens is 3. The molecule has 2 aromatic carbocycles. The maximum absolute atomic E-state index is 10.8. The van der Waals surface area contributed by atoms with E-state index in [4.69, 9.17) is 30.1 Å². The largest absolute Gasteiger partial charge is 0.643 e. The second-order valence-corrected chi connectivity index (χ2v) is 18.4. The minimum Gasteiger partial charge on any atom is -0.383 e. The van der Waals surface area contributed by atoms with Crippen LogP contribution in [0, 0.1) is 5.41 Å². The molecule has 1 N–H and O–H groups in total. The molecule has 0 fully saturated rings. The average Bonchev–Trinajstić information content (AvgIpc) is 3.54. The van der Waals surface area contributed by atoms with Crippen molar-refractivity contribution in [3.8, 4) is 11.4 Å². The number of nitrogens with zero attached hydrogens (tertiary/aromatic N) is 4. The van der Waals surface area contributed by atoms with E-state index in [0.717, 1.165) is 11.4 Å². The van der Waals surface area contributed by atoms with Crippen LogP contribution in [0.2, 0.25) is 0 Å². The zero-order valence-corrected chi connectivity index (χ0v) is 27.4. The Morgan fingerprint density at radius 3 is 1.85 bits per heavy atom. The summed E-state index contributed by atoms with van der Waals surface area (Å²) in [6.45, 7) is 17.2. The van der Waals surface area contributed by atoms with E-state index in [2.05, 4.69) is 66.5 Å². The summed E-state index contributed by atoms with van der Waals surface area (Å²) in [5.74, 6) is 0.